The third-order valence-electron chi connectivity index (χ3n) is 2.39. The van der Waals surface area contributed by atoms with Crippen LogP contribution < -0.4 is 4.74 Å². The van der Waals surface area contributed by atoms with E-state index in [-0.39, 0.29) is 16.9 Å². The van der Waals surface area contributed by atoms with E-state index in [4.69, 9.17) is 4.74 Å². The second-order valence-electron chi connectivity index (χ2n) is 4.06. The normalized spacial score (nSPS) is 11.5. The van der Waals surface area contributed by atoms with Crippen molar-refractivity contribution in [2.45, 2.75) is 19.3 Å². The maximum Gasteiger partial charge on any atom is 0.200 e. The molecule has 0 heterocycles. The number of hydrogen-bond acceptors (Lipinski definition) is 3. The summed E-state index contributed by atoms with van der Waals surface area (Å²) in [5, 5.41) is 19.8. The van der Waals surface area contributed by atoms with Gasteiger partial charge in [-0.05, 0) is 23.1 Å². The molecule has 0 aromatic heterocycles. The van der Waals surface area contributed by atoms with Crippen LogP contribution in [0.2, 0.25) is 0 Å². The number of ether oxygens (including phenoxy) is 1. The second-order valence-corrected chi connectivity index (χ2v) is 4.62. The lowest BCUT2D eigenvalue weighted by Gasteiger charge is -2.23. The predicted octanol–water partition coefficient (Wildman–Crippen LogP) is 2.78. The Balaban J connectivity index is 3.28. The molecule has 0 saturated heterocycles. The molecule has 0 radical (unpaired) electrons. The van der Waals surface area contributed by atoms with Crippen LogP contribution in [0, 0.1) is 0 Å². The SMILES string of the molecule is COc1cc(C(C)(C)CBr)cc(O)c1O. The summed E-state index contributed by atoms with van der Waals surface area (Å²) in [4.78, 5) is 0. The van der Waals surface area contributed by atoms with Crippen molar-refractivity contribution in [2.24, 2.45) is 0 Å². The Hall–Kier alpha value is -0.900. The fourth-order valence-electron chi connectivity index (χ4n) is 1.22. The Kier molecular flexibility index (Phi) is 3.50. The summed E-state index contributed by atoms with van der Waals surface area (Å²) >= 11 is 3.41. The van der Waals surface area contributed by atoms with Gasteiger partial charge in [0.2, 0.25) is 5.75 Å². The summed E-state index contributed by atoms with van der Waals surface area (Å²) in [5.74, 6) is -0.0796. The molecule has 1 aromatic rings. The van der Waals surface area contributed by atoms with Crippen LogP contribution in [0.1, 0.15) is 19.4 Å². The van der Waals surface area contributed by atoms with Crippen LogP contribution in [0.5, 0.6) is 17.2 Å². The van der Waals surface area contributed by atoms with Gasteiger partial charge in [0.15, 0.2) is 11.5 Å². The molecule has 0 aliphatic carbocycles. The molecule has 0 aliphatic rings. The van der Waals surface area contributed by atoms with Crippen LogP contribution >= 0.6 is 15.9 Å². The van der Waals surface area contributed by atoms with E-state index in [1.54, 1.807) is 12.1 Å². The molecule has 84 valence electrons. The monoisotopic (exact) mass is 274 g/mol. The minimum absolute atomic E-state index is 0.127. The highest BCUT2D eigenvalue weighted by Gasteiger charge is 2.22. The zero-order valence-corrected chi connectivity index (χ0v) is 10.6. The van der Waals surface area contributed by atoms with Crippen LogP contribution in [-0.2, 0) is 5.41 Å². The van der Waals surface area contributed by atoms with E-state index in [0.29, 0.717) is 5.75 Å². The van der Waals surface area contributed by atoms with Crippen molar-refractivity contribution in [1.29, 1.82) is 0 Å². The van der Waals surface area contributed by atoms with Gasteiger partial charge in [-0.1, -0.05) is 29.8 Å². The minimum atomic E-state index is -0.216. The number of methoxy groups -OCH3 is 1. The first-order valence-corrected chi connectivity index (χ1v) is 5.71. The number of phenols is 2. The highest BCUT2D eigenvalue weighted by molar-refractivity contribution is 9.09. The summed E-state index contributed by atoms with van der Waals surface area (Å²) in [5.41, 5.74) is 0.782. The molecule has 0 saturated carbocycles. The van der Waals surface area contributed by atoms with E-state index >= 15 is 0 Å². The lowest BCUT2D eigenvalue weighted by atomic mass is 9.86. The zero-order valence-electron chi connectivity index (χ0n) is 9.04. The summed E-state index contributed by atoms with van der Waals surface area (Å²) in [6.45, 7) is 4.07. The third-order valence-corrected chi connectivity index (χ3v) is 3.79. The van der Waals surface area contributed by atoms with Crippen molar-refractivity contribution >= 4 is 15.9 Å². The van der Waals surface area contributed by atoms with Gasteiger partial charge in [-0.15, -0.1) is 0 Å². The average molecular weight is 275 g/mol. The lowest BCUT2D eigenvalue weighted by Crippen LogP contribution is -2.18. The maximum atomic E-state index is 9.53. The molecule has 0 amide bonds. The van der Waals surface area contributed by atoms with Crippen LogP contribution in [0.25, 0.3) is 0 Å². The molecule has 4 heteroatoms. The van der Waals surface area contributed by atoms with E-state index in [0.717, 1.165) is 10.9 Å². The molecule has 0 fully saturated rings. The predicted molar refractivity (Wildman–Crippen MR) is 63.1 cm³/mol. The Labute approximate surface area is 97.8 Å². The van der Waals surface area contributed by atoms with E-state index in [1.165, 1.54) is 7.11 Å². The van der Waals surface area contributed by atoms with Gasteiger partial charge in [0.1, 0.15) is 0 Å². The number of hydrogen-bond donors (Lipinski definition) is 2. The molecule has 0 bridgehead atoms. The van der Waals surface area contributed by atoms with E-state index in [9.17, 15) is 10.2 Å². The summed E-state index contributed by atoms with van der Waals surface area (Å²) in [7, 11) is 1.46. The van der Waals surface area contributed by atoms with Gasteiger partial charge in [-0.2, -0.15) is 0 Å². The highest BCUT2D eigenvalue weighted by atomic mass is 79.9. The summed E-state index contributed by atoms with van der Waals surface area (Å²) < 4.78 is 4.98. The topological polar surface area (TPSA) is 49.7 Å². The van der Waals surface area contributed by atoms with Crippen LogP contribution in [0.15, 0.2) is 12.1 Å². The molecule has 0 aliphatic heterocycles. The number of benzene rings is 1. The molecule has 15 heavy (non-hydrogen) atoms. The summed E-state index contributed by atoms with van der Waals surface area (Å²) in [6.07, 6.45) is 0. The van der Waals surface area contributed by atoms with Crippen molar-refractivity contribution in [1.82, 2.24) is 0 Å². The third kappa shape index (κ3) is 2.37. The number of halogens is 1. The molecule has 0 spiro atoms. The van der Waals surface area contributed by atoms with Gasteiger partial charge in [0.25, 0.3) is 0 Å². The molecule has 0 atom stereocenters. The van der Waals surface area contributed by atoms with Crippen molar-refractivity contribution in [2.75, 3.05) is 12.4 Å². The quantitative estimate of drug-likeness (QED) is 0.658. The Bertz CT molecular complexity index is 361. The second kappa shape index (κ2) is 4.31. The Morgan fingerprint density at radius 1 is 1.33 bits per heavy atom. The highest BCUT2D eigenvalue weighted by Crippen LogP contribution is 2.40. The lowest BCUT2D eigenvalue weighted by molar-refractivity contribution is 0.349. The fraction of sp³-hybridized carbons (Fsp3) is 0.455. The van der Waals surface area contributed by atoms with Gasteiger partial charge in [-0.3, -0.25) is 0 Å². The first kappa shape index (κ1) is 12.2. The summed E-state index contributed by atoms with van der Waals surface area (Å²) in [6, 6.07) is 3.29. The smallest absolute Gasteiger partial charge is 0.200 e. The van der Waals surface area contributed by atoms with Crippen molar-refractivity contribution in [3.05, 3.63) is 17.7 Å². The maximum absolute atomic E-state index is 9.53. The molecule has 3 nitrogen and oxygen atoms in total. The van der Waals surface area contributed by atoms with Crippen molar-refractivity contribution in [3.63, 3.8) is 0 Å². The number of rotatable bonds is 3. The molecular weight excluding hydrogens is 260 g/mol. The van der Waals surface area contributed by atoms with Crippen molar-refractivity contribution in [3.8, 4) is 17.2 Å². The number of phenolic OH excluding ortho intramolecular Hbond substituents is 2. The van der Waals surface area contributed by atoms with Gasteiger partial charge in [-0.25, -0.2) is 0 Å². The first-order valence-electron chi connectivity index (χ1n) is 4.59. The van der Waals surface area contributed by atoms with Gasteiger partial charge in [0, 0.05) is 5.33 Å². The Morgan fingerprint density at radius 2 is 1.93 bits per heavy atom. The molecule has 1 aromatic carbocycles. The zero-order chi connectivity index (χ0) is 11.6. The first-order chi connectivity index (χ1) is 6.92. The van der Waals surface area contributed by atoms with E-state index < -0.39 is 0 Å². The van der Waals surface area contributed by atoms with Gasteiger partial charge >= 0.3 is 0 Å². The fourth-order valence-corrected chi connectivity index (χ4v) is 1.54. The van der Waals surface area contributed by atoms with Crippen molar-refractivity contribution < 1.29 is 14.9 Å². The van der Waals surface area contributed by atoms with Crippen LogP contribution in [0.4, 0.5) is 0 Å². The molecule has 2 N–H and O–H groups in total. The average Bonchev–Trinajstić information content (AvgIpc) is 2.21. The standard InChI is InChI=1S/C11H15BrO3/c1-11(2,6-12)7-4-8(13)10(14)9(5-7)15-3/h4-5,13-14H,6H2,1-3H3. The van der Waals surface area contributed by atoms with Gasteiger partial charge < -0.3 is 14.9 Å². The molecule has 0 unspecified atom stereocenters. The van der Waals surface area contributed by atoms with E-state index in [1.807, 2.05) is 13.8 Å². The van der Waals surface area contributed by atoms with Crippen LogP contribution in [0.3, 0.4) is 0 Å². The van der Waals surface area contributed by atoms with E-state index in [2.05, 4.69) is 15.9 Å². The molecule has 1 rings (SSSR count). The van der Waals surface area contributed by atoms with Crippen LogP contribution in [-0.4, -0.2) is 22.7 Å². The number of alkyl halides is 1. The Morgan fingerprint density at radius 3 is 2.40 bits per heavy atom. The molecular formula is C11H15BrO3. The minimum Gasteiger partial charge on any atom is -0.504 e. The largest absolute Gasteiger partial charge is 0.504 e. The number of aromatic hydroxyl groups is 2. The van der Waals surface area contributed by atoms with Gasteiger partial charge in [0.05, 0.1) is 7.11 Å².